The number of aromatic nitrogens is 2. The zero-order valence-corrected chi connectivity index (χ0v) is 12.5. The molecule has 0 bridgehead atoms. The number of pyridine rings is 1. The number of benzene rings is 2. The lowest BCUT2D eigenvalue weighted by Gasteiger charge is -2.00. The third-order valence-electron chi connectivity index (χ3n) is 3.73. The highest BCUT2D eigenvalue weighted by atomic mass is 16.4. The Bertz CT molecular complexity index is 1090. The summed E-state index contributed by atoms with van der Waals surface area (Å²) in [4.78, 5) is 15.5. The number of azo groups is 1. The minimum Gasteiger partial charge on any atom is -0.476 e. The van der Waals surface area contributed by atoms with Crippen LogP contribution < -0.4 is 0 Å². The van der Waals surface area contributed by atoms with Crippen LogP contribution in [0, 0.1) is 0 Å². The molecule has 24 heavy (non-hydrogen) atoms. The van der Waals surface area contributed by atoms with Crippen molar-refractivity contribution in [3.8, 4) is 0 Å². The van der Waals surface area contributed by atoms with E-state index < -0.39 is 5.97 Å². The fraction of sp³-hybridized carbons (Fsp3) is 0. The first-order valence-electron chi connectivity index (χ1n) is 7.34. The molecule has 0 saturated carbocycles. The predicted octanol–water partition coefficient (Wildman–Crippen LogP) is 4.60. The van der Waals surface area contributed by atoms with Gasteiger partial charge < -0.3 is 5.11 Å². The molecule has 6 heteroatoms. The highest BCUT2D eigenvalue weighted by molar-refractivity contribution is 5.93. The number of rotatable bonds is 3. The van der Waals surface area contributed by atoms with Crippen molar-refractivity contribution in [3.63, 3.8) is 0 Å². The Morgan fingerprint density at radius 1 is 0.958 bits per heavy atom. The lowest BCUT2D eigenvalue weighted by Crippen LogP contribution is -1.96. The van der Waals surface area contributed by atoms with Crippen LogP contribution in [0.2, 0.25) is 0 Å². The monoisotopic (exact) mass is 316 g/mol. The second kappa shape index (κ2) is 5.58. The Morgan fingerprint density at radius 3 is 2.62 bits per heavy atom. The second-order valence-electron chi connectivity index (χ2n) is 5.22. The van der Waals surface area contributed by atoms with Crippen LogP contribution in [-0.4, -0.2) is 20.5 Å². The van der Waals surface area contributed by atoms with Gasteiger partial charge in [-0.05, 0) is 23.6 Å². The molecule has 0 radical (unpaired) electrons. The molecule has 2 aromatic heterocycles. The minimum absolute atomic E-state index is 0.120. The average Bonchev–Trinajstić information content (AvgIpc) is 2.99. The van der Waals surface area contributed by atoms with Gasteiger partial charge in [-0.3, -0.25) is 4.40 Å². The molecule has 116 valence electrons. The zero-order valence-electron chi connectivity index (χ0n) is 12.5. The van der Waals surface area contributed by atoms with Crippen molar-refractivity contribution in [2.75, 3.05) is 0 Å². The van der Waals surface area contributed by atoms with Crippen molar-refractivity contribution in [3.05, 3.63) is 72.6 Å². The number of fused-ring (bicyclic) bond motifs is 2. The number of carboxylic acids is 1. The largest absolute Gasteiger partial charge is 0.476 e. The van der Waals surface area contributed by atoms with Crippen molar-refractivity contribution in [1.82, 2.24) is 9.38 Å². The van der Waals surface area contributed by atoms with Crippen LogP contribution in [0.4, 0.5) is 11.5 Å². The summed E-state index contributed by atoms with van der Waals surface area (Å²) in [6.07, 6.45) is 1.71. The number of carbonyl (C=O) groups is 1. The maximum absolute atomic E-state index is 11.4. The summed E-state index contributed by atoms with van der Waals surface area (Å²) < 4.78 is 1.61. The molecule has 0 amide bonds. The normalized spacial score (nSPS) is 11.5. The standard InChI is InChI=1S/C18H12N4O2/c23-18(24)16-17(22-11-4-3-10-15(22)19-16)21-20-14-9-5-7-12-6-1-2-8-13(12)14/h1-11H,(H,23,24). The van der Waals surface area contributed by atoms with Crippen LogP contribution in [0.1, 0.15) is 10.5 Å². The molecule has 0 spiro atoms. The highest BCUT2D eigenvalue weighted by Gasteiger charge is 2.17. The Balaban J connectivity index is 1.88. The Hall–Kier alpha value is -3.54. The topological polar surface area (TPSA) is 79.3 Å². The molecule has 2 aromatic carbocycles. The first-order chi connectivity index (χ1) is 11.7. The minimum atomic E-state index is -1.13. The van der Waals surface area contributed by atoms with Crippen LogP contribution in [0.5, 0.6) is 0 Å². The van der Waals surface area contributed by atoms with Crippen LogP contribution in [0.15, 0.2) is 77.1 Å². The van der Waals surface area contributed by atoms with Crippen molar-refractivity contribution < 1.29 is 9.90 Å². The van der Waals surface area contributed by atoms with E-state index in [9.17, 15) is 9.90 Å². The van der Waals surface area contributed by atoms with Gasteiger partial charge in [-0.25, -0.2) is 9.78 Å². The first-order valence-corrected chi connectivity index (χ1v) is 7.34. The maximum Gasteiger partial charge on any atom is 0.358 e. The van der Waals surface area contributed by atoms with Gasteiger partial charge in [0.1, 0.15) is 5.65 Å². The summed E-state index contributed by atoms with van der Waals surface area (Å²) in [5.74, 6) is -0.934. The Labute approximate surface area is 136 Å². The van der Waals surface area contributed by atoms with Crippen LogP contribution >= 0.6 is 0 Å². The molecule has 0 aliphatic carbocycles. The summed E-state index contributed by atoms with van der Waals surface area (Å²) in [5, 5.41) is 19.8. The van der Waals surface area contributed by atoms with E-state index in [-0.39, 0.29) is 11.5 Å². The molecule has 0 unspecified atom stereocenters. The molecule has 0 atom stereocenters. The van der Waals surface area contributed by atoms with E-state index in [2.05, 4.69) is 15.2 Å². The molecule has 0 aliphatic rings. The summed E-state index contributed by atoms with van der Waals surface area (Å²) >= 11 is 0. The van der Waals surface area contributed by atoms with E-state index >= 15 is 0 Å². The van der Waals surface area contributed by atoms with Crippen molar-refractivity contribution in [2.24, 2.45) is 10.2 Å². The molecular formula is C18H12N4O2. The molecule has 0 fully saturated rings. The van der Waals surface area contributed by atoms with Crippen molar-refractivity contribution in [2.45, 2.75) is 0 Å². The Morgan fingerprint density at radius 2 is 1.75 bits per heavy atom. The zero-order chi connectivity index (χ0) is 16.5. The summed E-state index contributed by atoms with van der Waals surface area (Å²) in [7, 11) is 0. The van der Waals surface area contributed by atoms with Gasteiger partial charge >= 0.3 is 5.97 Å². The fourth-order valence-corrected chi connectivity index (χ4v) is 2.62. The third kappa shape index (κ3) is 2.30. The first kappa shape index (κ1) is 14.1. The maximum atomic E-state index is 11.4. The predicted molar refractivity (Wildman–Crippen MR) is 90.3 cm³/mol. The molecule has 0 saturated heterocycles. The van der Waals surface area contributed by atoms with Crippen LogP contribution in [-0.2, 0) is 0 Å². The van der Waals surface area contributed by atoms with Gasteiger partial charge in [0, 0.05) is 11.6 Å². The van der Waals surface area contributed by atoms with E-state index in [1.54, 1.807) is 28.8 Å². The lowest BCUT2D eigenvalue weighted by atomic mass is 10.1. The van der Waals surface area contributed by atoms with E-state index in [4.69, 9.17) is 0 Å². The number of nitrogens with zero attached hydrogens (tertiary/aromatic N) is 4. The number of hydrogen-bond donors (Lipinski definition) is 1. The molecule has 0 aliphatic heterocycles. The van der Waals surface area contributed by atoms with Gasteiger partial charge in [-0.2, -0.15) is 0 Å². The molecule has 1 N–H and O–H groups in total. The number of aromatic carboxylic acids is 1. The van der Waals surface area contributed by atoms with E-state index in [1.807, 2.05) is 42.5 Å². The number of imidazole rings is 1. The Kier molecular flexibility index (Phi) is 3.28. The molecule has 6 nitrogen and oxygen atoms in total. The average molecular weight is 316 g/mol. The van der Waals surface area contributed by atoms with E-state index in [0.29, 0.717) is 11.3 Å². The SMILES string of the molecule is O=C(O)c1nc2ccccn2c1N=Nc1cccc2ccccc12. The van der Waals surface area contributed by atoms with Gasteiger partial charge in [-0.1, -0.05) is 42.5 Å². The number of hydrogen-bond acceptors (Lipinski definition) is 4. The van der Waals surface area contributed by atoms with Gasteiger partial charge in [0.2, 0.25) is 0 Å². The fourth-order valence-electron chi connectivity index (χ4n) is 2.62. The lowest BCUT2D eigenvalue weighted by molar-refractivity contribution is 0.0692. The highest BCUT2D eigenvalue weighted by Crippen LogP contribution is 2.29. The molecular weight excluding hydrogens is 304 g/mol. The summed E-state index contributed by atoms with van der Waals surface area (Å²) in [5.41, 5.74) is 1.07. The molecule has 4 aromatic rings. The van der Waals surface area contributed by atoms with Gasteiger partial charge in [0.05, 0.1) is 5.69 Å². The summed E-state index contributed by atoms with van der Waals surface area (Å²) in [6.45, 7) is 0. The quantitative estimate of drug-likeness (QED) is 0.561. The number of carboxylic acid groups (broad SMARTS) is 1. The van der Waals surface area contributed by atoms with Crippen molar-refractivity contribution >= 4 is 33.9 Å². The smallest absolute Gasteiger partial charge is 0.358 e. The van der Waals surface area contributed by atoms with Crippen LogP contribution in [0.25, 0.3) is 16.4 Å². The van der Waals surface area contributed by atoms with E-state index in [1.165, 1.54) is 0 Å². The van der Waals surface area contributed by atoms with Gasteiger partial charge in [0.25, 0.3) is 0 Å². The van der Waals surface area contributed by atoms with Gasteiger partial charge in [-0.15, -0.1) is 10.2 Å². The molecule has 2 heterocycles. The second-order valence-corrected chi connectivity index (χ2v) is 5.22. The van der Waals surface area contributed by atoms with Crippen molar-refractivity contribution in [1.29, 1.82) is 0 Å². The van der Waals surface area contributed by atoms with Crippen LogP contribution in [0.3, 0.4) is 0 Å². The van der Waals surface area contributed by atoms with Gasteiger partial charge in [0.15, 0.2) is 11.5 Å². The van der Waals surface area contributed by atoms with E-state index in [0.717, 1.165) is 10.8 Å². The third-order valence-corrected chi connectivity index (χ3v) is 3.73. The molecule has 4 rings (SSSR count). The summed E-state index contributed by atoms with van der Waals surface area (Å²) in [6, 6.07) is 18.9.